The Morgan fingerprint density at radius 2 is 2.04 bits per heavy atom. The Bertz CT molecular complexity index is 754. The third kappa shape index (κ3) is 5.56. The summed E-state index contributed by atoms with van der Waals surface area (Å²) in [5, 5.41) is 6.34. The van der Waals surface area contributed by atoms with E-state index in [0.717, 1.165) is 6.08 Å². The highest BCUT2D eigenvalue weighted by Gasteiger charge is 2.41. The van der Waals surface area contributed by atoms with Crippen molar-refractivity contribution in [1.29, 1.82) is 0 Å². The molecule has 1 aliphatic carbocycles. The highest BCUT2D eigenvalue weighted by molar-refractivity contribution is 8.01. The number of rotatable bonds is 4. The monoisotopic (exact) mass is 426 g/mol. The fourth-order valence-electron chi connectivity index (χ4n) is 3.45. The quantitative estimate of drug-likeness (QED) is 0.630. The lowest BCUT2D eigenvalue weighted by molar-refractivity contribution is -0.127. The number of nitrogens with one attached hydrogen (secondary N) is 1. The zero-order valence-corrected chi connectivity index (χ0v) is 15.8. The highest BCUT2D eigenvalue weighted by atomic mass is 32.2. The molecule has 3 nitrogen and oxygen atoms in total. The van der Waals surface area contributed by atoms with Gasteiger partial charge in [-0.15, -0.1) is 11.8 Å². The maximum atomic E-state index is 13.0. The van der Waals surface area contributed by atoms with Crippen molar-refractivity contribution < 1.29 is 31.1 Å². The number of nitrogens with zero attached hydrogens (tertiary/aromatic N) is 1. The van der Waals surface area contributed by atoms with Gasteiger partial charge in [0, 0.05) is 27.9 Å². The first-order chi connectivity index (χ1) is 12.9. The van der Waals surface area contributed by atoms with Gasteiger partial charge in [0.25, 0.3) is 0 Å². The van der Waals surface area contributed by atoms with Crippen molar-refractivity contribution >= 4 is 11.8 Å². The number of hydrogen-bond donors (Lipinski definition) is 1. The predicted molar refractivity (Wildman–Crippen MR) is 94.0 cm³/mol. The molecule has 3 atom stereocenters. The van der Waals surface area contributed by atoms with Crippen LogP contribution in [0.1, 0.15) is 43.7 Å². The second-order valence-corrected chi connectivity index (χ2v) is 9.11. The van der Waals surface area contributed by atoms with Gasteiger partial charge in [0.05, 0.1) is 12.1 Å². The minimum absolute atomic E-state index is 0.0174. The van der Waals surface area contributed by atoms with E-state index in [1.165, 1.54) is 23.9 Å². The maximum Gasteiger partial charge on any atom is 0.412 e. The lowest BCUT2D eigenvalue weighted by Gasteiger charge is -2.36. The number of halogens is 6. The molecule has 2 heterocycles. The van der Waals surface area contributed by atoms with Gasteiger partial charge in [-0.05, 0) is 32.3 Å². The van der Waals surface area contributed by atoms with Crippen LogP contribution in [0.25, 0.3) is 0 Å². The normalized spacial score (nSPS) is 29.0. The maximum absolute atomic E-state index is 13.0. The molecule has 0 bridgehead atoms. The number of aromatic nitrogens is 2. The zero-order valence-electron chi connectivity index (χ0n) is 15.0. The van der Waals surface area contributed by atoms with Crippen LogP contribution >= 0.6 is 11.8 Å². The summed E-state index contributed by atoms with van der Waals surface area (Å²) in [6, 6.07) is 1.35. The van der Waals surface area contributed by atoms with Gasteiger partial charge in [-0.25, -0.2) is 0 Å². The summed E-state index contributed by atoms with van der Waals surface area (Å²) in [6.45, 7) is 2.15. The molecule has 1 aliphatic heterocycles. The molecular formula is C18H20F6N2OS. The lowest BCUT2D eigenvalue weighted by atomic mass is 9.94. The van der Waals surface area contributed by atoms with E-state index in [2.05, 4.69) is 10.2 Å². The number of H-pyrrole nitrogens is 1. The summed E-state index contributed by atoms with van der Waals surface area (Å²) < 4.78 is 81.6. The molecule has 3 unspecified atom stereocenters. The summed E-state index contributed by atoms with van der Waals surface area (Å²) >= 11 is 1.45. The van der Waals surface area contributed by atoms with Gasteiger partial charge in [-0.1, -0.05) is 18.2 Å². The Morgan fingerprint density at radius 3 is 2.71 bits per heavy atom. The largest absolute Gasteiger partial charge is 0.412 e. The van der Waals surface area contributed by atoms with Crippen molar-refractivity contribution in [2.24, 2.45) is 0 Å². The molecule has 156 valence electrons. The molecule has 1 saturated heterocycles. The molecule has 1 fully saturated rings. The Labute approximate surface area is 162 Å². The second kappa shape index (κ2) is 7.78. The Balaban J connectivity index is 1.63. The number of aromatic amines is 1. The summed E-state index contributed by atoms with van der Waals surface area (Å²) in [5.41, 5.74) is -0.203. The van der Waals surface area contributed by atoms with Crippen molar-refractivity contribution in [3.8, 4) is 0 Å². The van der Waals surface area contributed by atoms with Crippen molar-refractivity contribution in [2.75, 3.05) is 6.61 Å². The third-order valence-corrected chi connectivity index (χ3v) is 6.28. The molecule has 0 spiro atoms. The summed E-state index contributed by atoms with van der Waals surface area (Å²) in [5.74, 6) is 0. The Kier molecular flexibility index (Phi) is 5.91. The lowest BCUT2D eigenvalue weighted by Crippen LogP contribution is -2.31. The first-order valence-corrected chi connectivity index (χ1v) is 9.67. The van der Waals surface area contributed by atoms with E-state index in [0.29, 0.717) is 25.1 Å². The van der Waals surface area contributed by atoms with Crippen LogP contribution < -0.4 is 0 Å². The van der Waals surface area contributed by atoms with Crippen LogP contribution in [0.3, 0.4) is 0 Å². The number of allylic oxidation sites excluding steroid dienone is 3. The van der Waals surface area contributed by atoms with Gasteiger partial charge >= 0.3 is 12.4 Å². The highest BCUT2D eigenvalue weighted by Crippen LogP contribution is 2.46. The number of hydrogen-bond acceptors (Lipinski definition) is 3. The summed E-state index contributed by atoms with van der Waals surface area (Å²) in [7, 11) is 0. The number of alkyl halides is 6. The molecule has 28 heavy (non-hydrogen) atoms. The van der Waals surface area contributed by atoms with Crippen LogP contribution in [0.5, 0.6) is 0 Å². The van der Waals surface area contributed by atoms with Crippen LogP contribution in [0.2, 0.25) is 0 Å². The first kappa shape index (κ1) is 21.3. The summed E-state index contributed by atoms with van der Waals surface area (Å²) in [4.78, 5) is 0. The van der Waals surface area contributed by atoms with Crippen molar-refractivity contribution in [3.05, 3.63) is 41.3 Å². The molecule has 1 aromatic rings. The van der Waals surface area contributed by atoms with Gasteiger partial charge in [0.15, 0.2) is 0 Å². The van der Waals surface area contributed by atoms with Gasteiger partial charge in [0.2, 0.25) is 0 Å². The average molecular weight is 426 g/mol. The molecule has 10 heteroatoms. The van der Waals surface area contributed by atoms with E-state index in [4.69, 9.17) is 4.74 Å². The smallest absolute Gasteiger partial charge is 0.372 e. The zero-order chi connectivity index (χ0) is 20.6. The van der Waals surface area contributed by atoms with Gasteiger partial charge in [0.1, 0.15) is 6.10 Å². The minimum atomic E-state index is -4.35. The van der Waals surface area contributed by atoms with Crippen LogP contribution in [-0.4, -0.2) is 39.2 Å². The van der Waals surface area contributed by atoms with Crippen LogP contribution in [0.4, 0.5) is 26.3 Å². The van der Waals surface area contributed by atoms with Gasteiger partial charge in [-0.2, -0.15) is 31.4 Å². The van der Waals surface area contributed by atoms with Crippen molar-refractivity contribution in [2.45, 2.75) is 61.1 Å². The minimum Gasteiger partial charge on any atom is -0.372 e. The SMILES string of the molecule is CC1(SC2CCOC(c3cc(CC(F)(F)F)[nH]n3)C2)C=CC=C(C(F)(F)F)C1. The van der Waals surface area contributed by atoms with Crippen molar-refractivity contribution in [1.82, 2.24) is 10.2 Å². The van der Waals surface area contributed by atoms with E-state index < -0.39 is 35.2 Å². The molecular weight excluding hydrogens is 406 g/mol. The fraction of sp³-hybridized carbons (Fsp3) is 0.611. The van der Waals surface area contributed by atoms with E-state index in [1.54, 1.807) is 13.0 Å². The van der Waals surface area contributed by atoms with E-state index in [1.807, 2.05) is 0 Å². The molecule has 1 aromatic heterocycles. The number of thioether (sulfide) groups is 1. The average Bonchev–Trinajstić information content (AvgIpc) is 3.00. The van der Waals surface area contributed by atoms with Crippen LogP contribution in [0, 0.1) is 0 Å². The Hall–Kier alpha value is -1.42. The van der Waals surface area contributed by atoms with Crippen LogP contribution in [-0.2, 0) is 11.2 Å². The molecule has 0 radical (unpaired) electrons. The standard InChI is InChI=1S/C18H20F6N2OS/c1-16(5-2-3-11(9-16)18(22,23)24)28-13-4-6-27-15(8-13)14-7-12(25-26-14)10-17(19,20)21/h2-3,5,7,13,15H,4,6,8-10H2,1H3,(H,25,26). The van der Waals surface area contributed by atoms with E-state index >= 15 is 0 Å². The van der Waals surface area contributed by atoms with E-state index in [-0.39, 0.29) is 17.4 Å². The van der Waals surface area contributed by atoms with Gasteiger partial charge < -0.3 is 4.74 Å². The number of ether oxygens (including phenoxy) is 1. The molecule has 0 aromatic carbocycles. The molecule has 1 N–H and O–H groups in total. The Morgan fingerprint density at radius 1 is 1.29 bits per heavy atom. The molecule has 0 saturated carbocycles. The van der Waals surface area contributed by atoms with Crippen molar-refractivity contribution in [3.63, 3.8) is 0 Å². The second-order valence-electron chi connectivity index (χ2n) is 7.27. The van der Waals surface area contributed by atoms with Gasteiger partial charge in [-0.3, -0.25) is 5.10 Å². The molecule has 0 amide bonds. The van der Waals surface area contributed by atoms with E-state index in [9.17, 15) is 26.3 Å². The summed E-state index contributed by atoms with van der Waals surface area (Å²) in [6.07, 6.45) is -4.92. The van der Waals surface area contributed by atoms with Crippen LogP contribution in [0.15, 0.2) is 29.9 Å². The fourth-order valence-corrected chi connectivity index (χ4v) is 5.09. The molecule has 3 rings (SSSR count). The third-order valence-electron chi connectivity index (χ3n) is 4.69. The molecule has 2 aliphatic rings. The topological polar surface area (TPSA) is 37.9 Å². The first-order valence-electron chi connectivity index (χ1n) is 8.79. The predicted octanol–water partition coefficient (Wildman–Crippen LogP) is 5.68.